The average molecular weight is 343 g/mol. The monoisotopic (exact) mass is 341 g/mol. The molecule has 1 N–H and O–H groups in total. The fourth-order valence-electron chi connectivity index (χ4n) is 2.31. The van der Waals surface area contributed by atoms with Gasteiger partial charge in [0.2, 0.25) is 0 Å². The summed E-state index contributed by atoms with van der Waals surface area (Å²) in [5, 5.41) is 5.43. The fraction of sp³-hybridized carbons (Fsp3) is 0.294. The summed E-state index contributed by atoms with van der Waals surface area (Å²) in [5.41, 5.74) is 3.44. The Kier molecular flexibility index (Phi) is 5.95. The molecule has 1 atom stereocenters. The van der Waals surface area contributed by atoms with E-state index in [9.17, 15) is 0 Å². The summed E-state index contributed by atoms with van der Waals surface area (Å²) in [7, 11) is 0. The fourth-order valence-corrected chi connectivity index (χ4v) is 2.80. The number of hydrogen-bond donors (Lipinski definition) is 1. The Morgan fingerprint density at radius 1 is 1.00 bits per heavy atom. The van der Waals surface area contributed by atoms with Gasteiger partial charge in [0, 0.05) is 5.02 Å². The van der Waals surface area contributed by atoms with E-state index >= 15 is 0 Å². The van der Waals surface area contributed by atoms with Gasteiger partial charge >= 0.3 is 0 Å². The highest BCUT2D eigenvalue weighted by molar-refractivity contribution is 6.42. The molecule has 0 aliphatic rings. The molecular weight excluding hydrogens is 325 g/mol. The summed E-state index contributed by atoms with van der Waals surface area (Å²) >= 11 is 18.3. The van der Waals surface area contributed by atoms with Crippen LogP contribution < -0.4 is 5.32 Å². The summed E-state index contributed by atoms with van der Waals surface area (Å²) in [6.07, 6.45) is 1.05. The van der Waals surface area contributed by atoms with Gasteiger partial charge in [-0.2, -0.15) is 0 Å². The molecule has 0 aromatic heterocycles. The van der Waals surface area contributed by atoms with Crippen molar-refractivity contribution in [2.45, 2.75) is 26.3 Å². The zero-order valence-corrected chi connectivity index (χ0v) is 14.4. The molecule has 0 amide bonds. The molecule has 0 bridgehead atoms. The Morgan fingerprint density at radius 2 is 1.76 bits per heavy atom. The minimum absolute atomic E-state index is 0.0541. The Bertz CT molecular complexity index is 625. The summed E-state index contributed by atoms with van der Waals surface area (Å²) < 4.78 is 0. The first-order valence-corrected chi connectivity index (χ1v) is 8.10. The summed E-state index contributed by atoms with van der Waals surface area (Å²) in [4.78, 5) is 0. The van der Waals surface area contributed by atoms with Crippen LogP contribution in [-0.2, 0) is 0 Å². The van der Waals surface area contributed by atoms with Crippen molar-refractivity contribution in [1.29, 1.82) is 0 Å². The van der Waals surface area contributed by atoms with E-state index in [0.29, 0.717) is 10.0 Å². The van der Waals surface area contributed by atoms with Gasteiger partial charge in [0.25, 0.3) is 0 Å². The van der Waals surface area contributed by atoms with Crippen LogP contribution in [0, 0.1) is 6.92 Å². The lowest BCUT2D eigenvalue weighted by Crippen LogP contribution is -2.24. The molecule has 1 nitrogen and oxygen atoms in total. The zero-order valence-electron chi connectivity index (χ0n) is 12.1. The minimum Gasteiger partial charge on any atom is -0.306 e. The van der Waals surface area contributed by atoms with Crippen molar-refractivity contribution < 1.29 is 0 Å². The largest absolute Gasteiger partial charge is 0.306 e. The van der Waals surface area contributed by atoms with Gasteiger partial charge < -0.3 is 5.32 Å². The van der Waals surface area contributed by atoms with Gasteiger partial charge in [0.05, 0.1) is 16.1 Å². The smallest absolute Gasteiger partial charge is 0.0595 e. The second kappa shape index (κ2) is 7.51. The topological polar surface area (TPSA) is 12.0 Å². The maximum atomic E-state index is 6.16. The van der Waals surface area contributed by atoms with Crippen molar-refractivity contribution in [3.63, 3.8) is 0 Å². The number of halogens is 3. The van der Waals surface area contributed by atoms with Crippen molar-refractivity contribution >= 4 is 34.8 Å². The van der Waals surface area contributed by atoms with Gasteiger partial charge in [-0.3, -0.25) is 0 Å². The highest BCUT2D eigenvalue weighted by Gasteiger charge is 2.17. The van der Waals surface area contributed by atoms with E-state index in [1.54, 1.807) is 0 Å². The van der Waals surface area contributed by atoms with Crippen LogP contribution in [-0.4, -0.2) is 6.54 Å². The van der Waals surface area contributed by atoms with Gasteiger partial charge in [-0.1, -0.05) is 53.9 Å². The molecule has 0 fully saturated rings. The molecule has 2 rings (SSSR count). The Morgan fingerprint density at radius 3 is 2.43 bits per heavy atom. The zero-order chi connectivity index (χ0) is 15.4. The van der Waals surface area contributed by atoms with E-state index in [0.717, 1.165) is 29.1 Å². The quantitative estimate of drug-likeness (QED) is 0.698. The standard InChI is InChI=1S/C17H18Cl3N/c1-3-8-21-17(12-5-7-15(19)16(20)9-12)14-10-13(18)6-4-11(14)2/h4-7,9-10,17,21H,3,8H2,1-2H3. The van der Waals surface area contributed by atoms with Crippen molar-refractivity contribution in [3.8, 4) is 0 Å². The lowest BCUT2D eigenvalue weighted by atomic mass is 9.95. The first-order chi connectivity index (χ1) is 10.0. The van der Waals surface area contributed by atoms with Crippen LogP contribution in [0.3, 0.4) is 0 Å². The number of aryl methyl sites for hydroxylation is 1. The molecule has 0 aliphatic heterocycles. The molecule has 0 radical (unpaired) electrons. The van der Waals surface area contributed by atoms with E-state index < -0.39 is 0 Å². The number of nitrogens with one attached hydrogen (secondary N) is 1. The van der Waals surface area contributed by atoms with Crippen molar-refractivity contribution in [3.05, 3.63) is 68.2 Å². The van der Waals surface area contributed by atoms with Crippen molar-refractivity contribution in [1.82, 2.24) is 5.32 Å². The highest BCUT2D eigenvalue weighted by atomic mass is 35.5. The predicted octanol–water partition coefficient (Wildman–Crippen LogP) is 6.04. The van der Waals surface area contributed by atoms with Crippen LogP contribution in [0.2, 0.25) is 15.1 Å². The van der Waals surface area contributed by atoms with E-state index in [2.05, 4.69) is 19.2 Å². The van der Waals surface area contributed by atoms with E-state index in [4.69, 9.17) is 34.8 Å². The highest BCUT2D eigenvalue weighted by Crippen LogP contribution is 2.31. The molecule has 2 aromatic carbocycles. The van der Waals surface area contributed by atoms with Gasteiger partial charge in [0.1, 0.15) is 0 Å². The van der Waals surface area contributed by atoms with Crippen LogP contribution >= 0.6 is 34.8 Å². The van der Waals surface area contributed by atoms with Gasteiger partial charge in [-0.25, -0.2) is 0 Å². The molecule has 1 unspecified atom stereocenters. The van der Waals surface area contributed by atoms with Crippen LogP contribution in [0.4, 0.5) is 0 Å². The molecule has 2 aromatic rings. The third kappa shape index (κ3) is 4.14. The second-order valence-corrected chi connectivity index (χ2v) is 6.31. The number of benzene rings is 2. The lowest BCUT2D eigenvalue weighted by Gasteiger charge is -2.22. The van der Waals surface area contributed by atoms with Gasteiger partial charge in [0.15, 0.2) is 0 Å². The Labute approximate surface area is 141 Å². The molecule has 0 saturated heterocycles. The number of hydrogen-bond acceptors (Lipinski definition) is 1. The molecule has 0 saturated carbocycles. The molecule has 0 heterocycles. The first kappa shape index (κ1) is 16.6. The van der Waals surface area contributed by atoms with Crippen LogP contribution in [0.15, 0.2) is 36.4 Å². The summed E-state index contributed by atoms with van der Waals surface area (Å²) in [6, 6.07) is 11.8. The Hall–Kier alpha value is -0.730. The van der Waals surface area contributed by atoms with Crippen molar-refractivity contribution in [2.24, 2.45) is 0 Å². The predicted molar refractivity (Wildman–Crippen MR) is 92.8 cm³/mol. The third-order valence-electron chi connectivity index (χ3n) is 3.43. The van der Waals surface area contributed by atoms with Gasteiger partial charge in [-0.05, 0) is 60.8 Å². The first-order valence-electron chi connectivity index (χ1n) is 6.97. The molecule has 0 spiro atoms. The third-order valence-corrected chi connectivity index (χ3v) is 4.40. The SMILES string of the molecule is CCCNC(c1ccc(Cl)c(Cl)c1)c1cc(Cl)ccc1C. The molecular formula is C17H18Cl3N. The molecule has 112 valence electrons. The molecule has 4 heteroatoms. The van der Waals surface area contributed by atoms with Crippen LogP contribution in [0.25, 0.3) is 0 Å². The lowest BCUT2D eigenvalue weighted by molar-refractivity contribution is 0.596. The molecule has 0 aliphatic carbocycles. The van der Waals surface area contributed by atoms with Gasteiger partial charge in [-0.15, -0.1) is 0 Å². The average Bonchev–Trinajstić information content (AvgIpc) is 2.46. The maximum absolute atomic E-state index is 6.16. The van der Waals surface area contributed by atoms with Crippen molar-refractivity contribution in [2.75, 3.05) is 6.54 Å². The number of rotatable bonds is 5. The van der Waals surface area contributed by atoms with E-state index in [1.807, 2.05) is 36.4 Å². The summed E-state index contributed by atoms with van der Waals surface area (Å²) in [6.45, 7) is 5.14. The summed E-state index contributed by atoms with van der Waals surface area (Å²) in [5.74, 6) is 0. The Balaban J connectivity index is 2.46. The normalized spacial score (nSPS) is 12.4. The molecule has 21 heavy (non-hydrogen) atoms. The van der Waals surface area contributed by atoms with Crippen LogP contribution in [0.1, 0.15) is 36.1 Å². The van der Waals surface area contributed by atoms with E-state index in [-0.39, 0.29) is 6.04 Å². The maximum Gasteiger partial charge on any atom is 0.0595 e. The minimum atomic E-state index is 0.0541. The second-order valence-electron chi connectivity index (χ2n) is 5.06. The van der Waals surface area contributed by atoms with E-state index in [1.165, 1.54) is 5.56 Å². The van der Waals surface area contributed by atoms with Crippen LogP contribution in [0.5, 0.6) is 0 Å².